The Morgan fingerprint density at radius 1 is 1.25 bits per heavy atom. The highest BCUT2D eigenvalue weighted by atomic mass is 79.9. The van der Waals surface area contributed by atoms with E-state index in [0.717, 1.165) is 19.3 Å². The van der Waals surface area contributed by atoms with E-state index in [2.05, 4.69) is 37.2 Å². The van der Waals surface area contributed by atoms with Crippen molar-refractivity contribution in [3.05, 3.63) is 0 Å². The second kappa shape index (κ2) is 5.71. The topological polar surface area (TPSA) is 38.3 Å². The number of hydrogen-bond donors (Lipinski definition) is 1. The first-order chi connectivity index (χ1) is 7.28. The zero-order chi connectivity index (χ0) is 12.3. The molecule has 3 unspecified atom stereocenters. The average Bonchev–Trinajstić information content (AvgIpc) is 2.08. The van der Waals surface area contributed by atoms with Gasteiger partial charge in [-0.15, -0.1) is 0 Å². The molecule has 1 saturated carbocycles. The van der Waals surface area contributed by atoms with Gasteiger partial charge in [0.15, 0.2) is 0 Å². The molecule has 0 aliphatic heterocycles. The molecule has 1 amide bonds. The van der Waals surface area contributed by atoms with Crippen molar-refractivity contribution in [2.24, 2.45) is 0 Å². The molecule has 1 aliphatic carbocycles. The summed E-state index contributed by atoms with van der Waals surface area (Å²) in [6.45, 7) is 5.61. The second-order valence-corrected chi connectivity index (χ2v) is 7.54. The van der Waals surface area contributed by atoms with E-state index in [1.165, 1.54) is 0 Å². The lowest BCUT2D eigenvalue weighted by molar-refractivity contribution is 0.0495. The normalized spacial score (nSPS) is 30.9. The lowest BCUT2D eigenvalue weighted by Gasteiger charge is -2.31. The van der Waals surface area contributed by atoms with Gasteiger partial charge in [-0.1, -0.05) is 31.9 Å². The standard InChI is InChI=1S/C11H19Br2NO2/c1-11(2,3)16-10(15)14-7-4-5-8(12)9(13)6-7/h7-9H,4-6H2,1-3H3,(H,14,15). The summed E-state index contributed by atoms with van der Waals surface area (Å²) < 4.78 is 5.23. The Hall–Kier alpha value is 0.230. The highest BCUT2D eigenvalue weighted by Crippen LogP contribution is 2.30. The molecule has 0 heterocycles. The van der Waals surface area contributed by atoms with Crippen LogP contribution in [0.1, 0.15) is 40.0 Å². The monoisotopic (exact) mass is 355 g/mol. The van der Waals surface area contributed by atoms with Crippen LogP contribution in [0.3, 0.4) is 0 Å². The minimum absolute atomic E-state index is 0.216. The Bertz CT molecular complexity index is 253. The first kappa shape index (κ1) is 14.3. The van der Waals surface area contributed by atoms with Crippen molar-refractivity contribution >= 4 is 38.0 Å². The van der Waals surface area contributed by atoms with Crippen molar-refractivity contribution in [2.75, 3.05) is 0 Å². The maximum atomic E-state index is 11.6. The first-order valence-corrected chi connectivity index (χ1v) is 7.39. The van der Waals surface area contributed by atoms with Crippen LogP contribution in [0.2, 0.25) is 0 Å². The number of alkyl carbamates (subject to hydrolysis) is 1. The quantitative estimate of drug-likeness (QED) is 0.729. The van der Waals surface area contributed by atoms with E-state index in [1.54, 1.807) is 0 Å². The molecule has 0 aromatic heterocycles. The molecule has 0 radical (unpaired) electrons. The smallest absolute Gasteiger partial charge is 0.407 e. The Morgan fingerprint density at radius 3 is 2.38 bits per heavy atom. The average molecular weight is 357 g/mol. The van der Waals surface area contributed by atoms with E-state index >= 15 is 0 Å². The number of carbonyl (C=O) groups is 1. The van der Waals surface area contributed by atoms with Crippen molar-refractivity contribution in [3.63, 3.8) is 0 Å². The first-order valence-electron chi connectivity index (χ1n) is 5.55. The van der Waals surface area contributed by atoms with Gasteiger partial charge in [0.05, 0.1) is 0 Å². The molecule has 3 nitrogen and oxygen atoms in total. The lowest BCUT2D eigenvalue weighted by atomic mass is 9.95. The number of carbonyl (C=O) groups excluding carboxylic acids is 1. The van der Waals surface area contributed by atoms with E-state index in [9.17, 15) is 4.79 Å². The Balaban J connectivity index is 2.35. The summed E-state index contributed by atoms with van der Waals surface area (Å²) in [5, 5.41) is 2.91. The largest absolute Gasteiger partial charge is 0.444 e. The summed E-state index contributed by atoms with van der Waals surface area (Å²) in [7, 11) is 0. The fourth-order valence-electron chi connectivity index (χ4n) is 1.68. The molecule has 1 rings (SSSR count). The van der Waals surface area contributed by atoms with E-state index in [1.807, 2.05) is 20.8 Å². The summed E-state index contributed by atoms with van der Waals surface area (Å²) in [5.41, 5.74) is -0.426. The Morgan fingerprint density at radius 2 is 1.88 bits per heavy atom. The molecule has 0 saturated heterocycles. The van der Waals surface area contributed by atoms with Gasteiger partial charge in [0.2, 0.25) is 0 Å². The highest BCUT2D eigenvalue weighted by Gasteiger charge is 2.28. The number of amides is 1. The van der Waals surface area contributed by atoms with Crippen LogP contribution in [0.5, 0.6) is 0 Å². The highest BCUT2D eigenvalue weighted by molar-refractivity contribution is 9.12. The fourth-order valence-corrected chi connectivity index (χ4v) is 2.88. The molecule has 0 aromatic rings. The third-order valence-corrected chi connectivity index (χ3v) is 5.23. The molecular weight excluding hydrogens is 338 g/mol. The number of nitrogens with one attached hydrogen (secondary N) is 1. The van der Waals surface area contributed by atoms with Crippen LogP contribution in [-0.2, 0) is 4.74 Å². The summed E-state index contributed by atoms with van der Waals surface area (Å²) >= 11 is 7.21. The van der Waals surface area contributed by atoms with Gasteiger partial charge in [0.1, 0.15) is 5.60 Å². The summed E-state index contributed by atoms with van der Waals surface area (Å²) in [4.78, 5) is 12.5. The van der Waals surface area contributed by atoms with Crippen molar-refractivity contribution in [2.45, 2.75) is 61.3 Å². The number of alkyl halides is 2. The van der Waals surface area contributed by atoms with Crippen molar-refractivity contribution in [1.82, 2.24) is 5.32 Å². The van der Waals surface area contributed by atoms with E-state index in [-0.39, 0.29) is 12.1 Å². The molecule has 3 atom stereocenters. The molecule has 1 aliphatic rings. The van der Waals surface area contributed by atoms with Crippen LogP contribution in [0.25, 0.3) is 0 Å². The number of ether oxygens (including phenoxy) is 1. The van der Waals surface area contributed by atoms with Gasteiger partial charge >= 0.3 is 6.09 Å². The van der Waals surface area contributed by atoms with Gasteiger partial charge in [0, 0.05) is 15.7 Å². The van der Waals surface area contributed by atoms with Gasteiger partial charge in [-0.2, -0.15) is 0 Å². The van der Waals surface area contributed by atoms with Gasteiger partial charge < -0.3 is 10.1 Å². The third-order valence-electron chi connectivity index (χ3n) is 2.41. The molecule has 0 aromatic carbocycles. The molecule has 0 spiro atoms. The molecule has 5 heteroatoms. The predicted octanol–water partition coefficient (Wildman–Crippen LogP) is 3.59. The summed E-state index contributed by atoms with van der Waals surface area (Å²) in [6, 6.07) is 0.216. The number of halogens is 2. The third kappa shape index (κ3) is 5.04. The van der Waals surface area contributed by atoms with Crippen LogP contribution in [0, 0.1) is 0 Å². The SMILES string of the molecule is CC(C)(C)OC(=O)NC1CCC(Br)C(Br)C1. The maximum absolute atomic E-state index is 11.6. The van der Waals surface area contributed by atoms with E-state index < -0.39 is 5.60 Å². The van der Waals surface area contributed by atoms with Crippen molar-refractivity contribution in [1.29, 1.82) is 0 Å². The molecule has 1 N–H and O–H groups in total. The molecular formula is C11H19Br2NO2. The molecule has 1 fully saturated rings. The molecule has 94 valence electrons. The zero-order valence-corrected chi connectivity index (χ0v) is 13.1. The Labute approximate surface area is 114 Å². The van der Waals surface area contributed by atoms with Gasteiger partial charge in [0.25, 0.3) is 0 Å². The minimum Gasteiger partial charge on any atom is -0.444 e. The molecule has 16 heavy (non-hydrogen) atoms. The van der Waals surface area contributed by atoms with Crippen LogP contribution in [0.4, 0.5) is 4.79 Å². The number of hydrogen-bond acceptors (Lipinski definition) is 2. The van der Waals surface area contributed by atoms with E-state index in [4.69, 9.17) is 4.74 Å². The van der Waals surface area contributed by atoms with Crippen LogP contribution >= 0.6 is 31.9 Å². The van der Waals surface area contributed by atoms with Gasteiger partial charge in [-0.3, -0.25) is 0 Å². The van der Waals surface area contributed by atoms with Crippen LogP contribution < -0.4 is 5.32 Å². The van der Waals surface area contributed by atoms with Crippen molar-refractivity contribution < 1.29 is 9.53 Å². The van der Waals surface area contributed by atoms with Crippen LogP contribution in [0.15, 0.2) is 0 Å². The summed E-state index contributed by atoms with van der Waals surface area (Å²) in [6.07, 6.45) is 2.69. The predicted molar refractivity (Wildman–Crippen MR) is 72.4 cm³/mol. The van der Waals surface area contributed by atoms with Gasteiger partial charge in [-0.25, -0.2) is 4.79 Å². The Kier molecular flexibility index (Phi) is 5.10. The van der Waals surface area contributed by atoms with Crippen molar-refractivity contribution in [3.8, 4) is 0 Å². The van der Waals surface area contributed by atoms with Gasteiger partial charge in [-0.05, 0) is 40.0 Å². The minimum atomic E-state index is -0.426. The summed E-state index contributed by atoms with van der Waals surface area (Å²) in [5.74, 6) is 0. The second-order valence-electron chi connectivity index (χ2n) is 5.19. The van der Waals surface area contributed by atoms with E-state index in [0.29, 0.717) is 9.65 Å². The maximum Gasteiger partial charge on any atom is 0.407 e. The molecule has 0 bridgehead atoms. The number of rotatable bonds is 1. The van der Waals surface area contributed by atoms with Crippen LogP contribution in [-0.4, -0.2) is 27.4 Å². The zero-order valence-electron chi connectivity index (χ0n) is 9.93. The fraction of sp³-hybridized carbons (Fsp3) is 0.909. The lowest BCUT2D eigenvalue weighted by Crippen LogP contribution is -2.43.